The van der Waals surface area contributed by atoms with Crippen molar-refractivity contribution in [2.45, 2.75) is 6.61 Å². The number of hydrogen-bond donors (Lipinski definition) is 1. The maximum absolute atomic E-state index is 13.5. The highest BCUT2D eigenvalue weighted by Crippen LogP contribution is 2.36. The minimum Gasteiger partial charge on any atom is -0.502 e. The van der Waals surface area contributed by atoms with Gasteiger partial charge in [0.2, 0.25) is 11.6 Å². The van der Waals surface area contributed by atoms with E-state index in [1.165, 1.54) is 26.4 Å². The molecule has 140 valence electrons. The number of benzene rings is 2. The van der Waals surface area contributed by atoms with E-state index in [-0.39, 0.29) is 17.2 Å². The van der Waals surface area contributed by atoms with E-state index < -0.39 is 41.3 Å². The van der Waals surface area contributed by atoms with E-state index >= 15 is 0 Å². The van der Waals surface area contributed by atoms with Crippen LogP contribution in [0.1, 0.15) is 11.1 Å². The second-order valence-electron chi connectivity index (χ2n) is 4.83. The van der Waals surface area contributed by atoms with E-state index in [1.807, 2.05) is 0 Å². The van der Waals surface area contributed by atoms with E-state index in [0.29, 0.717) is 5.56 Å². The molecule has 0 saturated heterocycles. The Morgan fingerprint density at radius 2 is 1.35 bits per heavy atom. The van der Waals surface area contributed by atoms with E-state index in [2.05, 4.69) is 9.99 Å². The highest BCUT2D eigenvalue weighted by atomic mass is 19.2. The third-order valence-electron chi connectivity index (χ3n) is 3.29. The number of phenolic OH excluding ortho intramolecular Hbond substituents is 1. The molecule has 0 bridgehead atoms. The molecule has 0 unspecified atom stereocenters. The van der Waals surface area contributed by atoms with Gasteiger partial charge in [0.25, 0.3) is 0 Å². The molecule has 0 heterocycles. The molecule has 0 aromatic heterocycles. The van der Waals surface area contributed by atoms with Crippen molar-refractivity contribution in [2.75, 3.05) is 14.2 Å². The molecule has 0 saturated carbocycles. The maximum Gasteiger partial charge on any atom is 0.200 e. The summed E-state index contributed by atoms with van der Waals surface area (Å²) < 4.78 is 75.9. The smallest absolute Gasteiger partial charge is 0.200 e. The van der Waals surface area contributed by atoms with Crippen LogP contribution in [-0.2, 0) is 11.4 Å². The van der Waals surface area contributed by atoms with Crippen molar-refractivity contribution in [1.82, 2.24) is 0 Å². The number of aromatic hydroxyl groups is 1. The van der Waals surface area contributed by atoms with E-state index in [0.717, 1.165) is 6.21 Å². The predicted octanol–water partition coefficient (Wildman–Crippen LogP) is 3.66. The Balaban J connectivity index is 2.19. The Bertz CT molecular complexity index is 803. The second kappa shape index (κ2) is 7.89. The molecule has 1 N–H and O–H groups in total. The molecule has 5 nitrogen and oxygen atoms in total. The number of phenols is 1. The third kappa shape index (κ3) is 3.63. The number of methoxy groups -OCH3 is 2. The topological polar surface area (TPSA) is 60.3 Å². The molecular formula is C16H12F5NO4. The summed E-state index contributed by atoms with van der Waals surface area (Å²) in [6.07, 6.45) is 1.07. The number of rotatable bonds is 6. The average molecular weight is 377 g/mol. The Kier molecular flexibility index (Phi) is 5.86. The first kappa shape index (κ1) is 19.3. The van der Waals surface area contributed by atoms with Crippen molar-refractivity contribution in [3.05, 3.63) is 52.3 Å². The highest BCUT2D eigenvalue weighted by Gasteiger charge is 2.25. The van der Waals surface area contributed by atoms with Gasteiger partial charge in [-0.25, -0.2) is 22.0 Å². The molecule has 0 radical (unpaired) electrons. The average Bonchev–Trinajstić information content (AvgIpc) is 2.65. The molecule has 2 aromatic rings. The van der Waals surface area contributed by atoms with Gasteiger partial charge in [0.15, 0.2) is 34.8 Å². The molecule has 0 aliphatic carbocycles. The second-order valence-corrected chi connectivity index (χ2v) is 4.83. The number of ether oxygens (including phenoxy) is 2. The molecule has 0 atom stereocenters. The zero-order valence-corrected chi connectivity index (χ0v) is 13.4. The summed E-state index contributed by atoms with van der Waals surface area (Å²) in [6.45, 7) is -0.991. The van der Waals surface area contributed by atoms with Crippen molar-refractivity contribution < 1.29 is 41.4 Å². The van der Waals surface area contributed by atoms with Crippen molar-refractivity contribution in [3.8, 4) is 17.2 Å². The number of halogens is 5. The van der Waals surface area contributed by atoms with Crippen molar-refractivity contribution in [2.24, 2.45) is 5.16 Å². The molecular weight excluding hydrogens is 365 g/mol. The first-order valence-corrected chi connectivity index (χ1v) is 6.92. The highest BCUT2D eigenvalue weighted by molar-refractivity contribution is 5.82. The van der Waals surface area contributed by atoms with E-state index in [9.17, 15) is 27.1 Å². The lowest BCUT2D eigenvalue weighted by Crippen LogP contribution is -2.07. The Morgan fingerprint density at radius 3 is 1.81 bits per heavy atom. The quantitative estimate of drug-likeness (QED) is 0.274. The van der Waals surface area contributed by atoms with Crippen LogP contribution in [0.5, 0.6) is 17.2 Å². The minimum atomic E-state index is -2.25. The molecule has 0 amide bonds. The Morgan fingerprint density at radius 1 is 0.885 bits per heavy atom. The van der Waals surface area contributed by atoms with Crippen LogP contribution in [0, 0.1) is 29.1 Å². The largest absolute Gasteiger partial charge is 0.502 e. The SMILES string of the molecule is COc1cc(/C=N/OCc2c(F)c(F)c(F)c(F)c2F)cc(OC)c1O. The standard InChI is InChI=1S/C16H12F5NO4/c1-24-9-3-7(4-10(25-2)16(9)23)5-22-26-6-8-11(17)13(19)15(21)14(20)12(8)18/h3-5,23H,6H2,1-2H3/b22-5+. The first-order valence-electron chi connectivity index (χ1n) is 6.92. The van der Waals surface area contributed by atoms with Crippen LogP contribution in [0.25, 0.3) is 0 Å². The zero-order chi connectivity index (χ0) is 19.4. The van der Waals surface area contributed by atoms with Gasteiger partial charge < -0.3 is 19.4 Å². The lowest BCUT2D eigenvalue weighted by Gasteiger charge is -2.09. The minimum absolute atomic E-state index is 0.0607. The van der Waals surface area contributed by atoms with Crippen molar-refractivity contribution in [1.29, 1.82) is 0 Å². The lowest BCUT2D eigenvalue weighted by atomic mass is 10.2. The van der Waals surface area contributed by atoms with Gasteiger partial charge in [-0.1, -0.05) is 5.16 Å². The van der Waals surface area contributed by atoms with Gasteiger partial charge in [0.05, 0.1) is 26.0 Å². The fourth-order valence-electron chi connectivity index (χ4n) is 1.97. The third-order valence-corrected chi connectivity index (χ3v) is 3.29. The molecule has 0 spiro atoms. The van der Waals surface area contributed by atoms with Gasteiger partial charge in [-0.15, -0.1) is 0 Å². The number of oxime groups is 1. The summed E-state index contributed by atoms with van der Waals surface area (Å²) in [5, 5.41) is 13.1. The maximum atomic E-state index is 13.5. The molecule has 0 fully saturated rings. The van der Waals surface area contributed by atoms with Crippen molar-refractivity contribution in [3.63, 3.8) is 0 Å². The lowest BCUT2D eigenvalue weighted by molar-refractivity contribution is 0.124. The zero-order valence-electron chi connectivity index (χ0n) is 13.4. The number of hydrogen-bond acceptors (Lipinski definition) is 5. The van der Waals surface area contributed by atoms with Gasteiger partial charge in [-0.2, -0.15) is 0 Å². The van der Waals surface area contributed by atoms with Crippen LogP contribution < -0.4 is 9.47 Å². The Hall–Kier alpha value is -3.04. The fourth-order valence-corrected chi connectivity index (χ4v) is 1.97. The molecule has 0 aliphatic rings. The Labute approximate surface area is 144 Å². The summed E-state index contributed by atoms with van der Waals surface area (Å²) in [4.78, 5) is 4.60. The molecule has 26 heavy (non-hydrogen) atoms. The molecule has 2 rings (SSSR count). The summed E-state index contributed by atoms with van der Waals surface area (Å²) in [5.74, 6) is -10.5. The van der Waals surface area contributed by atoms with Gasteiger partial charge >= 0.3 is 0 Å². The first-order chi connectivity index (χ1) is 12.3. The molecule has 2 aromatic carbocycles. The van der Waals surface area contributed by atoms with E-state index in [4.69, 9.17) is 9.47 Å². The van der Waals surface area contributed by atoms with Gasteiger partial charge in [-0.05, 0) is 12.1 Å². The number of nitrogens with zero attached hydrogens (tertiary/aromatic N) is 1. The van der Waals surface area contributed by atoms with Crippen LogP contribution in [0.2, 0.25) is 0 Å². The monoisotopic (exact) mass is 377 g/mol. The van der Waals surface area contributed by atoms with Gasteiger partial charge in [0.1, 0.15) is 6.61 Å². The predicted molar refractivity (Wildman–Crippen MR) is 79.8 cm³/mol. The van der Waals surface area contributed by atoms with Crippen LogP contribution in [0.15, 0.2) is 17.3 Å². The summed E-state index contributed by atoms with van der Waals surface area (Å²) in [7, 11) is 2.60. The summed E-state index contributed by atoms with van der Waals surface area (Å²) in [6, 6.07) is 2.70. The normalized spacial score (nSPS) is 11.0. The molecule has 10 heteroatoms. The van der Waals surface area contributed by atoms with Crippen LogP contribution >= 0.6 is 0 Å². The fraction of sp³-hybridized carbons (Fsp3) is 0.188. The summed E-state index contributed by atoms with van der Waals surface area (Å²) in [5.41, 5.74) is -0.840. The molecule has 0 aliphatic heterocycles. The van der Waals surface area contributed by atoms with Gasteiger partial charge in [0, 0.05) is 5.56 Å². The van der Waals surface area contributed by atoms with E-state index in [1.54, 1.807) is 0 Å². The van der Waals surface area contributed by atoms with Crippen LogP contribution in [0.3, 0.4) is 0 Å². The van der Waals surface area contributed by atoms with Crippen molar-refractivity contribution >= 4 is 6.21 Å². The summed E-state index contributed by atoms with van der Waals surface area (Å²) >= 11 is 0. The van der Waals surface area contributed by atoms with Gasteiger partial charge in [-0.3, -0.25) is 0 Å². The van der Waals surface area contributed by atoms with Crippen LogP contribution in [0.4, 0.5) is 22.0 Å². The van der Waals surface area contributed by atoms with Crippen LogP contribution in [-0.4, -0.2) is 25.5 Å².